The van der Waals surface area contributed by atoms with Crippen molar-refractivity contribution in [2.75, 3.05) is 26.2 Å². The number of amides is 1. The van der Waals surface area contributed by atoms with Gasteiger partial charge in [0.25, 0.3) is 0 Å². The summed E-state index contributed by atoms with van der Waals surface area (Å²) in [6.45, 7) is 4.45. The molecule has 2 aliphatic heterocycles. The summed E-state index contributed by atoms with van der Waals surface area (Å²) in [4.78, 5) is 17.1. The van der Waals surface area contributed by atoms with Crippen molar-refractivity contribution < 1.29 is 9.53 Å². The second-order valence-electron chi connectivity index (χ2n) is 8.95. The lowest BCUT2D eigenvalue weighted by molar-refractivity contribution is -0.182. The normalized spacial score (nSPS) is 24.6. The van der Waals surface area contributed by atoms with Crippen LogP contribution in [0.25, 0.3) is 0 Å². The molecule has 1 aliphatic carbocycles. The fourth-order valence-electron chi connectivity index (χ4n) is 4.89. The Morgan fingerprint density at radius 3 is 2.28 bits per heavy atom. The molecular formula is C25H30N2O2. The minimum atomic E-state index is -0.159. The molecule has 29 heavy (non-hydrogen) atoms. The van der Waals surface area contributed by atoms with Crippen molar-refractivity contribution in [1.29, 1.82) is 0 Å². The maximum absolute atomic E-state index is 12.5. The third-order valence-electron chi connectivity index (χ3n) is 6.66. The highest BCUT2D eigenvalue weighted by Gasteiger charge is 2.45. The number of hydrogen-bond acceptors (Lipinski definition) is 3. The van der Waals surface area contributed by atoms with Gasteiger partial charge in [0.1, 0.15) is 0 Å². The number of benzene rings is 2. The van der Waals surface area contributed by atoms with Gasteiger partial charge in [0.05, 0.1) is 11.7 Å². The molecule has 0 N–H and O–H groups in total. The fourth-order valence-corrected chi connectivity index (χ4v) is 4.89. The van der Waals surface area contributed by atoms with Crippen LogP contribution in [0.4, 0.5) is 0 Å². The van der Waals surface area contributed by atoms with Crippen molar-refractivity contribution >= 4 is 5.91 Å². The quantitative estimate of drug-likeness (QED) is 0.790. The van der Waals surface area contributed by atoms with E-state index >= 15 is 0 Å². The van der Waals surface area contributed by atoms with Crippen molar-refractivity contribution in [2.24, 2.45) is 5.92 Å². The summed E-state index contributed by atoms with van der Waals surface area (Å²) in [6.07, 6.45) is 4.11. The lowest BCUT2D eigenvalue weighted by Crippen LogP contribution is -2.58. The van der Waals surface area contributed by atoms with Gasteiger partial charge in [0.2, 0.25) is 5.91 Å². The molecule has 152 valence electrons. The van der Waals surface area contributed by atoms with Gasteiger partial charge in [-0.25, -0.2) is 0 Å². The van der Waals surface area contributed by atoms with E-state index < -0.39 is 0 Å². The Kier molecular flexibility index (Phi) is 5.15. The van der Waals surface area contributed by atoms with Crippen LogP contribution in [-0.4, -0.2) is 47.5 Å². The summed E-state index contributed by atoms with van der Waals surface area (Å²) in [5.74, 6) is 0.680. The van der Waals surface area contributed by atoms with E-state index in [9.17, 15) is 4.79 Å². The van der Waals surface area contributed by atoms with Gasteiger partial charge >= 0.3 is 0 Å². The average Bonchev–Trinajstić information content (AvgIpc) is 3.60. The number of ether oxygens (including phenoxy) is 1. The first-order valence-electron chi connectivity index (χ1n) is 11.0. The van der Waals surface area contributed by atoms with Gasteiger partial charge in [-0.1, -0.05) is 60.7 Å². The van der Waals surface area contributed by atoms with E-state index in [2.05, 4.69) is 70.5 Å². The van der Waals surface area contributed by atoms with Gasteiger partial charge in [-0.3, -0.25) is 9.69 Å². The number of nitrogens with zero attached hydrogens (tertiary/aromatic N) is 2. The van der Waals surface area contributed by atoms with Crippen LogP contribution >= 0.6 is 0 Å². The van der Waals surface area contributed by atoms with E-state index in [1.807, 2.05) is 0 Å². The topological polar surface area (TPSA) is 32.8 Å². The summed E-state index contributed by atoms with van der Waals surface area (Å²) in [5, 5.41) is 0. The van der Waals surface area contributed by atoms with Gasteiger partial charge < -0.3 is 9.64 Å². The van der Waals surface area contributed by atoms with E-state index in [1.165, 1.54) is 11.1 Å². The molecule has 0 bridgehead atoms. The largest absolute Gasteiger partial charge is 0.364 e. The molecule has 1 spiro atoms. The molecule has 4 nitrogen and oxygen atoms in total. The minimum absolute atomic E-state index is 0.0827. The molecule has 1 atom stereocenters. The minimum Gasteiger partial charge on any atom is -0.364 e. The number of morpholine rings is 1. The van der Waals surface area contributed by atoms with Gasteiger partial charge in [-0.2, -0.15) is 0 Å². The molecule has 2 heterocycles. The molecule has 3 aliphatic rings. The Labute approximate surface area is 173 Å². The zero-order chi connectivity index (χ0) is 19.7. The van der Waals surface area contributed by atoms with E-state index in [0.29, 0.717) is 11.8 Å². The number of likely N-dealkylation sites (tertiary alicyclic amines) is 1. The van der Waals surface area contributed by atoms with Crippen molar-refractivity contribution in [3.8, 4) is 0 Å². The number of piperidine rings is 1. The first kappa shape index (κ1) is 18.8. The smallest absolute Gasteiger partial charge is 0.225 e. The van der Waals surface area contributed by atoms with Gasteiger partial charge in [0, 0.05) is 38.6 Å². The van der Waals surface area contributed by atoms with Crippen LogP contribution in [-0.2, 0) is 16.1 Å². The predicted octanol–water partition coefficient (Wildman–Crippen LogP) is 4.03. The van der Waals surface area contributed by atoms with Gasteiger partial charge in [0.15, 0.2) is 0 Å². The Morgan fingerprint density at radius 1 is 0.966 bits per heavy atom. The molecule has 1 saturated carbocycles. The molecule has 0 radical (unpaired) electrons. The van der Waals surface area contributed by atoms with Crippen molar-refractivity contribution in [2.45, 2.75) is 43.9 Å². The SMILES string of the molecule is O=C(C1CC1)N1CCC2(CC1)CN(Cc1ccccc1)C[C@H](c1ccccc1)O2. The van der Waals surface area contributed by atoms with E-state index in [4.69, 9.17) is 4.74 Å². The van der Waals surface area contributed by atoms with Crippen LogP contribution in [0.15, 0.2) is 60.7 Å². The molecule has 5 rings (SSSR count). The number of carbonyl (C=O) groups excluding carboxylic acids is 1. The Bertz CT molecular complexity index is 826. The molecule has 2 saturated heterocycles. The molecule has 4 heteroatoms. The molecule has 0 unspecified atom stereocenters. The maximum atomic E-state index is 12.5. The lowest BCUT2D eigenvalue weighted by Gasteiger charge is -2.50. The zero-order valence-corrected chi connectivity index (χ0v) is 17.0. The molecule has 3 fully saturated rings. The van der Waals surface area contributed by atoms with Gasteiger partial charge in [-0.15, -0.1) is 0 Å². The average molecular weight is 391 g/mol. The van der Waals surface area contributed by atoms with Crippen LogP contribution in [0, 0.1) is 5.92 Å². The van der Waals surface area contributed by atoms with Crippen LogP contribution in [0.2, 0.25) is 0 Å². The van der Waals surface area contributed by atoms with Crippen molar-refractivity contribution in [1.82, 2.24) is 9.80 Å². The van der Waals surface area contributed by atoms with Gasteiger partial charge in [-0.05, 0) is 36.8 Å². The summed E-state index contributed by atoms with van der Waals surface area (Å²) in [5.41, 5.74) is 2.44. The first-order valence-corrected chi connectivity index (χ1v) is 11.0. The highest BCUT2D eigenvalue weighted by Crippen LogP contribution is 2.39. The standard InChI is InChI=1S/C25H30N2O2/c28-24(22-11-12-22)27-15-13-25(14-16-27)19-26(17-20-7-3-1-4-8-20)18-23(29-25)21-9-5-2-6-10-21/h1-10,22-23H,11-19H2/t23-/m1/s1. The summed E-state index contributed by atoms with van der Waals surface area (Å²) >= 11 is 0. The summed E-state index contributed by atoms with van der Waals surface area (Å²) in [7, 11) is 0. The third kappa shape index (κ3) is 4.24. The highest BCUT2D eigenvalue weighted by atomic mass is 16.5. The fraction of sp³-hybridized carbons (Fsp3) is 0.480. The second-order valence-corrected chi connectivity index (χ2v) is 8.95. The Balaban J connectivity index is 1.33. The van der Waals surface area contributed by atoms with Crippen molar-refractivity contribution in [3.05, 3.63) is 71.8 Å². The van der Waals surface area contributed by atoms with E-state index in [0.717, 1.165) is 58.4 Å². The van der Waals surface area contributed by atoms with Crippen LogP contribution < -0.4 is 0 Å². The maximum Gasteiger partial charge on any atom is 0.225 e. The molecule has 2 aromatic rings. The number of carbonyl (C=O) groups is 1. The molecule has 2 aromatic carbocycles. The van der Waals surface area contributed by atoms with Crippen LogP contribution in [0.3, 0.4) is 0 Å². The first-order chi connectivity index (χ1) is 14.2. The van der Waals surface area contributed by atoms with Crippen LogP contribution in [0.1, 0.15) is 42.9 Å². The Hall–Kier alpha value is -2.17. The van der Waals surface area contributed by atoms with E-state index in [1.54, 1.807) is 0 Å². The monoisotopic (exact) mass is 390 g/mol. The molecule has 0 aromatic heterocycles. The predicted molar refractivity (Wildman–Crippen MR) is 113 cm³/mol. The molecular weight excluding hydrogens is 360 g/mol. The second kappa shape index (κ2) is 7.92. The highest BCUT2D eigenvalue weighted by molar-refractivity contribution is 5.81. The summed E-state index contributed by atoms with van der Waals surface area (Å²) in [6, 6.07) is 21.3. The van der Waals surface area contributed by atoms with Crippen LogP contribution in [0.5, 0.6) is 0 Å². The number of rotatable bonds is 4. The Morgan fingerprint density at radius 2 is 1.62 bits per heavy atom. The van der Waals surface area contributed by atoms with Crippen molar-refractivity contribution in [3.63, 3.8) is 0 Å². The lowest BCUT2D eigenvalue weighted by atomic mass is 9.87. The summed E-state index contributed by atoms with van der Waals surface area (Å²) < 4.78 is 6.79. The third-order valence-corrected chi connectivity index (χ3v) is 6.66. The molecule has 1 amide bonds. The zero-order valence-electron chi connectivity index (χ0n) is 17.0. The van der Waals surface area contributed by atoms with E-state index in [-0.39, 0.29) is 11.7 Å². The number of hydrogen-bond donors (Lipinski definition) is 0.